The van der Waals surface area contributed by atoms with Crippen molar-refractivity contribution in [2.75, 3.05) is 0 Å². The molecule has 0 aliphatic heterocycles. The predicted molar refractivity (Wildman–Crippen MR) is 86.9 cm³/mol. The largest absolute Gasteiger partial charge is 2.00 e. The van der Waals surface area contributed by atoms with Crippen molar-refractivity contribution >= 4 is 20.2 Å². The van der Waals surface area contributed by atoms with Crippen molar-refractivity contribution in [3.63, 3.8) is 0 Å². The summed E-state index contributed by atoms with van der Waals surface area (Å²) in [6.45, 7) is 4.10. The molecule has 0 bridgehead atoms. The summed E-state index contributed by atoms with van der Waals surface area (Å²) in [5.74, 6) is 0. The Morgan fingerprint density at radius 2 is 0.828 bits per heavy atom. The van der Waals surface area contributed by atoms with Crippen LogP contribution in [0.1, 0.15) is 11.4 Å². The maximum atomic E-state index is 10.7. The molecule has 1 aromatic rings. The quantitative estimate of drug-likeness (QED) is 0.132. The van der Waals surface area contributed by atoms with Gasteiger partial charge in [0, 0.05) is 11.4 Å². The Bertz CT molecular complexity index is 650. The third kappa shape index (κ3) is 25.1. The molecule has 0 amide bonds. The molecule has 0 atom stereocenters. The second kappa shape index (κ2) is 17.9. The second-order valence-electron chi connectivity index (χ2n) is 3.62. The Morgan fingerprint density at radius 1 is 0.690 bits per heavy atom. The average molecular weight is 669 g/mol. The summed E-state index contributed by atoms with van der Waals surface area (Å²) in [4.78, 5) is 3.14. The maximum absolute atomic E-state index is 10.7. The first kappa shape index (κ1) is 51.1. The van der Waals surface area contributed by atoms with E-state index >= 15 is 0 Å². The van der Waals surface area contributed by atoms with E-state index in [0.29, 0.717) is 0 Å². The molecule has 184 valence electrons. The summed E-state index contributed by atoms with van der Waals surface area (Å²) in [6, 6.07) is 4.13. The summed E-state index contributed by atoms with van der Waals surface area (Å²) < 4.78 is 118. The number of aromatic amines is 1. The van der Waals surface area contributed by atoms with Gasteiger partial charge in [0.05, 0.1) is 0 Å². The number of hydrogen-bond donors (Lipinski definition) is 6. The fraction of sp³-hybridized carbons (Fsp3) is 0.500. The molecule has 1 rings (SSSR count). The standard InChI is InChI=1S/C6H9N.2CHF3O3S.5H3N.Os/c1-5-3-4-6(2)7-5;2*2-1(3,4)8(5,6)7;;;;;;/h3-4,7H,1-2H3;2*(H,5,6,7);5*1H3;/q;;;;;;;;+2/p-2. The number of rotatable bonds is 0. The van der Waals surface area contributed by atoms with Crippen LogP contribution in [0.15, 0.2) is 12.1 Å². The fourth-order valence-corrected chi connectivity index (χ4v) is 0.644. The van der Waals surface area contributed by atoms with Gasteiger partial charge in [-0.25, -0.2) is 16.8 Å². The van der Waals surface area contributed by atoms with E-state index in [1.165, 1.54) is 11.4 Å². The van der Waals surface area contributed by atoms with E-state index < -0.39 is 31.3 Å². The van der Waals surface area contributed by atoms with Crippen LogP contribution >= 0.6 is 0 Å². The van der Waals surface area contributed by atoms with E-state index in [-0.39, 0.29) is 50.5 Å². The van der Waals surface area contributed by atoms with E-state index in [9.17, 15) is 26.3 Å². The molecule has 0 fully saturated rings. The normalized spacial score (nSPS) is 10.0. The minimum atomic E-state index is -6.09. The van der Waals surface area contributed by atoms with Gasteiger partial charge in [0.2, 0.25) is 0 Å². The van der Waals surface area contributed by atoms with Gasteiger partial charge < -0.3 is 44.8 Å². The molecule has 29 heavy (non-hydrogen) atoms. The number of aromatic nitrogens is 1. The minimum Gasteiger partial charge on any atom is -0.741 e. The average Bonchev–Trinajstić information content (AvgIpc) is 2.58. The maximum Gasteiger partial charge on any atom is 2.00 e. The van der Waals surface area contributed by atoms with Gasteiger partial charge in [0.15, 0.2) is 20.2 Å². The summed E-state index contributed by atoms with van der Waals surface area (Å²) in [5.41, 5.74) is -8.82. The number of halogens is 6. The van der Waals surface area contributed by atoms with Crippen LogP contribution in [0.5, 0.6) is 0 Å². The van der Waals surface area contributed by atoms with Crippen LogP contribution in [0.25, 0.3) is 0 Å². The molecule has 0 unspecified atom stereocenters. The predicted octanol–water partition coefficient (Wildman–Crippen LogP) is 2.54. The molecule has 0 aromatic carbocycles. The molecule has 0 saturated heterocycles. The van der Waals surface area contributed by atoms with Gasteiger partial charge in [-0.15, -0.1) is 0 Å². The monoisotopic (exact) mass is 670 g/mol. The van der Waals surface area contributed by atoms with Crippen molar-refractivity contribution in [3.8, 4) is 0 Å². The number of nitrogens with one attached hydrogen (secondary N) is 1. The number of alkyl halides is 6. The van der Waals surface area contributed by atoms with E-state index in [2.05, 4.69) is 17.1 Å². The van der Waals surface area contributed by atoms with Gasteiger partial charge in [0.1, 0.15) is 0 Å². The van der Waals surface area contributed by atoms with Crippen molar-refractivity contribution in [1.29, 1.82) is 0 Å². The zero-order valence-electron chi connectivity index (χ0n) is 15.1. The Hall–Kier alpha value is -0.884. The molecule has 0 aliphatic rings. The van der Waals surface area contributed by atoms with Crippen molar-refractivity contribution in [3.05, 3.63) is 23.5 Å². The molecule has 16 N–H and O–H groups in total. The number of aryl methyl sites for hydroxylation is 2. The van der Waals surface area contributed by atoms with E-state index in [1.54, 1.807) is 0 Å². The Balaban J connectivity index is -0.0000000345. The van der Waals surface area contributed by atoms with Gasteiger partial charge in [-0.3, -0.25) is 0 Å². The first-order chi connectivity index (χ1) is 9.79. The van der Waals surface area contributed by atoms with Gasteiger partial charge in [-0.05, 0) is 26.0 Å². The van der Waals surface area contributed by atoms with E-state index in [4.69, 9.17) is 25.9 Å². The van der Waals surface area contributed by atoms with Crippen molar-refractivity contribution in [2.24, 2.45) is 0 Å². The smallest absolute Gasteiger partial charge is 0.741 e. The molecule has 0 radical (unpaired) electrons. The second-order valence-corrected chi connectivity index (χ2v) is 6.37. The van der Waals surface area contributed by atoms with Gasteiger partial charge in [0.25, 0.3) is 0 Å². The summed E-state index contributed by atoms with van der Waals surface area (Å²) in [6.07, 6.45) is 0. The molecule has 12 nitrogen and oxygen atoms in total. The van der Waals surface area contributed by atoms with Crippen molar-refractivity contribution < 1.29 is 72.1 Å². The van der Waals surface area contributed by atoms with Crippen LogP contribution < -0.4 is 30.8 Å². The van der Waals surface area contributed by atoms with Crippen LogP contribution in [-0.4, -0.2) is 41.9 Å². The molecule has 0 spiro atoms. The molecule has 0 saturated carbocycles. The molecule has 0 aliphatic carbocycles. The minimum absolute atomic E-state index is 0. The molecule has 1 aromatic heterocycles. The van der Waals surface area contributed by atoms with Crippen molar-refractivity contribution in [1.82, 2.24) is 35.7 Å². The van der Waals surface area contributed by atoms with Gasteiger partial charge in [-0.2, -0.15) is 26.3 Å². The SMILES string of the molecule is Cc1ccc(C)[nH]1.N.N.N.N.N.O=S(=O)([O-])C(F)(F)F.O=S(=O)([O-])C(F)(F)F.[Os+2]. The summed E-state index contributed by atoms with van der Waals surface area (Å²) in [5, 5.41) is 0. The molecular formula is C8H24F6N6O6OsS2. The van der Waals surface area contributed by atoms with Crippen LogP contribution in [0, 0.1) is 13.8 Å². The van der Waals surface area contributed by atoms with Crippen LogP contribution in [-0.2, 0) is 40.0 Å². The zero-order chi connectivity index (χ0) is 19.3. The third-order valence-electron chi connectivity index (χ3n) is 1.54. The number of hydrogen-bond acceptors (Lipinski definition) is 11. The molecular weight excluding hydrogens is 644 g/mol. The summed E-state index contributed by atoms with van der Waals surface area (Å²) >= 11 is 0. The fourth-order valence-electron chi connectivity index (χ4n) is 0.644. The van der Waals surface area contributed by atoms with Crippen LogP contribution in [0.4, 0.5) is 26.3 Å². The molecule has 1 heterocycles. The first-order valence-electron chi connectivity index (χ1n) is 4.95. The van der Waals surface area contributed by atoms with Crippen molar-refractivity contribution in [2.45, 2.75) is 24.9 Å². The van der Waals surface area contributed by atoms with E-state index in [0.717, 1.165) is 0 Å². The topological polar surface area (TPSA) is 305 Å². The van der Waals surface area contributed by atoms with Crippen LogP contribution in [0.3, 0.4) is 0 Å². The van der Waals surface area contributed by atoms with Gasteiger partial charge >= 0.3 is 30.8 Å². The van der Waals surface area contributed by atoms with Crippen LogP contribution in [0.2, 0.25) is 0 Å². The summed E-state index contributed by atoms with van der Waals surface area (Å²) in [7, 11) is -12.2. The van der Waals surface area contributed by atoms with Gasteiger partial charge in [-0.1, -0.05) is 0 Å². The van der Waals surface area contributed by atoms with E-state index in [1.807, 2.05) is 13.8 Å². The molecule has 21 heteroatoms. The zero-order valence-corrected chi connectivity index (χ0v) is 19.3. The third-order valence-corrected chi connectivity index (χ3v) is 2.68. The Kier molecular flexibility index (Phi) is 31.6. The first-order valence-corrected chi connectivity index (χ1v) is 7.77. The number of H-pyrrole nitrogens is 1. The Labute approximate surface area is 176 Å². The Morgan fingerprint density at radius 3 is 0.862 bits per heavy atom.